The molecule has 0 atom stereocenters. The van der Waals surface area contributed by atoms with Crippen LogP contribution in [0.15, 0.2) is 18.2 Å². The predicted molar refractivity (Wildman–Crippen MR) is 127 cm³/mol. The Kier molecular flexibility index (Phi) is 6.59. The van der Waals surface area contributed by atoms with Crippen molar-refractivity contribution < 1.29 is 24.0 Å². The number of nitrogens with zero attached hydrogens (tertiary/aromatic N) is 4. The van der Waals surface area contributed by atoms with Gasteiger partial charge in [-0.2, -0.15) is 0 Å². The molecule has 1 aromatic carbocycles. The number of imide groups is 1. The average Bonchev–Trinajstić information content (AvgIpc) is 3.37. The molecule has 0 radical (unpaired) electrons. The fraction of sp³-hybridized carbons (Fsp3) is 0.583. The zero-order valence-electron chi connectivity index (χ0n) is 19.6. The maximum atomic E-state index is 12.4. The minimum Gasteiger partial charge on any atom is -0.371 e. The highest BCUT2D eigenvalue weighted by Crippen LogP contribution is 2.40. The van der Waals surface area contributed by atoms with Crippen LogP contribution in [0.5, 0.6) is 0 Å². The number of piperidine rings is 1. The van der Waals surface area contributed by atoms with Crippen LogP contribution in [0.4, 0.5) is 10.5 Å². The number of carbonyl (C=O) groups is 4. The Hall–Kier alpha value is -2.85. The molecule has 1 aromatic rings. The van der Waals surface area contributed by atoms with Gasteiger partial charge in [0.05, 0.1) is 5.41 Å². The van der Waals surface area contributed by atoms with E-state index in [4.69, 9.17) is 16.4 Å². The summed E-state index contributed by atoms with van der Waals surface area (Å²) in [6, 6.07) is 5.95. The summed E-state index contributed by atoms with van der Waals surface area (Å²) < 4.78 is 0. The lowest BCUT2D eigenvalue weighted by molar-refractivity contribution is -0.174. The highest BCUT2D eigenvalue weighted by molar-refractivity contribution is 6.30. The molecule has 0 bridgehead atoms. The molecular weight excluding hydrogens is 474 g/mol. The van der Waals surface area contributed by atoms with Gasteiger partial charge in [-0.25, -0.2) is 4.79 Å². The summed E-state index contributed by atoms with van der Waals surface area (Å²) in [4.78, 5) is 59.3. The van der Waals surface area contributed by atoms with E-state index in [2.05, 4.69) is 21.2 Å². The molecule has 1 spiro atoms. The van der Waals surface area contributed by atoms with E-state index in [0.29, 0.717) is 42.8 Å². The van der Waals surface area contributed by atoms with Crippen LogP contribution in [0.3, 0.4) is 0 Å². The molecule has 4 aliphatic heterocycles. The summed E-state index contributed by atoms with van der Waals surface area (Å²) in [6.07, 6.45) is 2.08. The molecule has 5 rings (SSSR count). The number of halogens is 1. The number of anilines is 1. The molecule has 0 aliphatic carbocycles. The van der Waals surface area contributed by atoms with Gasteiger partial charge in [-0.15, -0.1) is 5.06 Å². The summed E-state index contributed by atoms with van der Waals surface area (Å²) in [7, 11) is 0. The van der Waals surface area contributed by atoms with Gasteiger partial charge in [-0.1, -0.05) is 17.7 Å². The van der Waals surface area contributed by atoms with E-state index >= 15 is 0 Å². The molecular formula is C24H30ClN5O5. The molecule has 188 valence electrons. The fourth-order valence-electron chi connectivity index (χ4n) is 5.46. The monoisotopic (exact) mass is 503 g/mol. The Morgan fingerprint density at radius 3 is 2.29 bits per heavy atom. The van der Waals surface area contributed by atoms with Gasteiger partial charge < -0.3 is 20.0 Å². The second-order valence-electron chi connectivity index (χ2n) is 9.75. The van der Waals surface area contributed by atoms with Crippen LogP contribution in [0.25, 0.3) is 0 Å². The van der Waals surface area contributed by atoms with Gasteiger partial charge >= 0.3 is 6.09 Å². The van der Waals surface area contributed by atoms with Crippen molar-refractivity contribution in [1.29, 1.82) is 0 Å². The highest BCUT2D eigenvalue weighted by Gasteiger charge is 2.44. The van der Waals surface area contributed by atoms with Crippen molar-refractivity contribution in [3.05, 3.63) is 28.8 Å². The van der Waals surface area contributed by atoms with Gasteiger partial charge in [-0.05, 0) is 37.0 Å². The van der Waals surface area contributed by atoms with Gasteiger partial charge in [0.1, 0.15) is 0 Å². The van der Waals surface area contributed by atoms with Crippen molar-refractivity contribution in [2.75, 3.05) is 50.7 Å². The van der Waals surface area contributed by atoms with Crippen LogP contribution in [0, 0.1) is 5.41 Å². The Morgan fingerprint density at radius 1 is 0.971 bits per heavy atom. The van der Waals surface area contributed by atoms with E-state index in [1.54, 1.807) is 0 Å². The topological polar surface area (TPSA) is 102 Å². The summed E-state index contributed by atoms with van der Waals surface area (Å²) >= 11 is 6.35. The van der Waals surface area contributed by atoms with Crippen molar-refractivity contribution in [3.8, 4) is 0 Å². The molecule has 4 aliphatic rings. The van der Waals surface area contributed by atoms with Gasteiger partial charge in [0.15, 0.2) is 0 Å². The summed E-state index contributed by atoms with van der Waals surface area (Å²) in [5, 5.41) is 4.26. The Balaban J connectivity index is 1.18. The molecule has 0 unspecified atom stereocenters. The highest BCUT2D eigenvalue weighted by atomic mass is 35.5. The molecule has 4 heterocycles. The minimum absolute atomic E-state index is 0.0779. The third-order valence-corrected chi connectivity index (χ3v) is 7.91. The lowest BCUT2D eigenvalue weighted by Gasteiger charge is -2.40. The maximum Gasteiger partial charge on any atom is 0.434 e. The van der Waals surface area contributed by atoms with E-state index in [1.807, 2.05) is 12.1 Å². The van der Waals surface area contributed by atoms with E-state index in [0.717, 1.165) is 50.1 Å². The molecule has 4 saturated heterocycles. The molecule has 0 saturated carbocycles. The Labute approximate surface area is 209 Å². The van der Waals surface area contributed by atoms with Crippen LogP contribution in [-0.2, 0) is 25.8 Å². The van der Waals surface area contributed by atoms with Crippen molar-refractivity contribution in [1.82, 2.24) is 20.2 Å². The lowest BCUT2D eigenvalue weighted by Crippen LogP contribution is -2.50. The zero-order valence-corrected chi connectivity index (χ0v) is 20.4. The molecule has 4 fully saturated rings. The lowest BCUT2D eigenvalue weighted by atomic mass is 9.77. The number of carbonyl (C=O) groups excluding carboxylic acids is 4. The zero-order chi connectivity index (χ0) is 24.6. The summed E-state index contributed by atoms with van der Waals surface area (Å²) in [5.41, 5.74) is 2.04. The first-order valence-corrected chi connectivity index (χ1v) is 12.6. The second-order valence-corrected chi connectivity index (χ2v) is 10.2. The van der Waals surface area contributed by atoms with Crippen molar-refractivity contribution in [3.63, 3.8) is 0 Å². The Morgan fingerprint density at radius 2 is 1.66 bits per heavy atom. The fourth-order valence-corrected chi connectivity index (χ4v) is 5.62. The van der Waals surface area contributed by atoms with Crippen LogP contribution in [-0.4, -0.2) is 84.5 Å². The maximum absolute atomic E-state index is 12.4. The summed E-state index contributed by atoms with van der Waals surface area (Å²) in [5.74, 6) is -0.762. The average molecular weight is 504 g/mol. The van der Waals surface area contributed by atoms with Crippen LogP contribution in [0.1, 0.15) is 37.7 Å². The molecule has 35 heavy (non-hydrogen) atoms. The Bertz CT molecular complexity index is 1020. The molecule has 4 amide bonds. The minimum atomic E-state index is -0.668. The van der Waals surface area contributed by atoms with Crippen molar-refractivity contribution >= 4 is 41.1 Å². The van der Waals surface area contributed by atoms with E-state index in [-0.39, 0.29) is 24.2 Å². The molecule has 0 aromatic heterocycles. The number of nitrogens with one attached hydrogen (secondary N) is 1. The quantitative estimate of drug-likeness (QED) is 0.624. The van der Waals surface area contributed by atoms with E-state index in [1.165, 1.54) is 4.90 Å². The normalized spacial score (nSPS) is 22.8. The number of hydrogen-bond acceptors (Lipinski definition) is 7. The van der Waals surface area contributed by atoms with Crippen LogP contribution in [0.2, 0.25) is 5.02 Å². The van der Waals surface area contributed by atoms with E-state index in [9.17, 15) is 19.2 Å². The molecule has 1 N–H and O–H groups in total. The number of piperazine rings is 1. The van der Waals surface area contributed by atoms with Gasteiger partial charge in [0.2, 0.25) is 5.91 Å². The number of amides is 4. The second kappa shape index (κ2) is 9.66. The first-order valence-electron chi connectivity index (χ1n) is 12.2. The SMILES string of the molecule is O=C(ON1C(=O)CCC1=O)N1CCN(Cc2ccc(Cl)cc2N2CCC3(CCNC3=O)CC2)CC1. The van der Waals surface area contributed by atoms with Crippen molar-refractivity contribution in [2.24, 2.45) is 5.41 Å². The first kappa shape index (κ1) is 23.9. The molecule has 10 nitrogen and oxygen atoms in total. The third-order valence-electron chi connectivity index (χ3n) is 7.68. The van der Waals surface area contributed by atoms with Gasteiger partial charge in [-0.3, -0.25) is 19.3 Å². The standard InChI is InChI=1S/C24H30ClN5O5/c25-18-2-1-17(19(15-18)28-9-6-24(7-10-28)5-8-26-22(24)33)16-27-11-13-29(14-12-27)23(34)35-30-20(31)3-4-21(30)32/h1-2,15H,3-14,16H2,(H,26,33). The smallest absolute Gasteiger partial charge is 0.371 e. The summed E-state index contributed by atoms with van der Waals surface area (Å²) in [6.45, 7) is 5.28. The van der Waals surface area contributed by atoms with Gasteiger partial charge in [0.25, 0.3) is 11.8 Å². The van der Waals surface area contributed by atoms with Crippen LogP contribution < -0.4 is 10.2 Å². The number of hydrogen-bond donors (Lipinski definition) is 1. The van der Waals surface area contributed by atoms with E-state index < -0.39 is 17.9 Å². The number of benzene rings is 1. The first-order chi connectivity index (χ1) is 16.8. The predicted octanol–water partition coefficient (Wildman–Crippen LogP) is 1.76. The molecule has 11 heteroatoms. The van der Waals surface area contributed by atoms with Crippen LogP contribution >= 0.6 is 11.6 Å². The van der Waals surface area contributed by atoms with Gasteiger partial charge in [0, 0.05) is 75.9 Å². The number of hydroxylamine groups is 2. The van der Waals surface area contributed by atoms with Crippen molar-refractivity contribution in [2.45, 2.75) is 38.6 Å². The largest absolute Gasteiger partial charge is 0.434 e. The number of rotatable bonds is 4. The third kappa shape index (κ3) is 4.81.